The molecule has 5 aliphatic rings. The van der Waals surface area contributed by atoms with Gasteiger partial charge in [0.1, 0.15) is 36.8 Å². The van der Waals surface area contributed by atoms with Crippen molar-refractivity contribution in [3.05, 3.63) is 61.2 Å². The minimum Gasteiger partial charge on any atom is -0.481 e. The highest BCUT2D eigenvalue weighted by molar-refractivity contribution is 5.98. The number of likely N-dealkylation sites (tertiary alicyclic amines) is 1. The van der Waals surface area contributed by atoms with E-state index >= 15 is 4.39 Å². The second kappa shape index (κ2) is 24.7. The molecule has 2 aliphatic carbocycles. The van der Waals surface area contributed by atoms with Crippen molar-refractivity contribution in [1.82, 2.24) is 40.6 Å². The molecule has 1 fully saturated rings. The van der Waals surface area contributed by atoms with Crippen LogP contribution in [0.15, 0.2) is 10.9 Å². The Morgan fingerprint density at radius 2 is 1.67 bits per heavy atom. The number of hydrogen-bond donors (Lipinski definition) is 6. The molecule has 424 valence electrons. The Morgan fingerprint density at radius 1 is 0.949 bits per heavy atom. The number of aliphatic carboxylic acids is 1. The number of amides is 4. The van der Waals surface area contributed by atoms with Gasteiger partial charge in [-0.2, -0.15) is 0 Å². The van der Waals surface area contributed by atoms with Gasteiger partial charge in [-0.25, -0.2) is 19.0 Å². The number of aliphatic hydroxyl groups excluding tert-OH is 1. The number of carbonyl (C=O) groups is 7. The Kier molecular flexibility index (Phi) is 18.3. The third-order valence-electron chi connectivity index (χ3n) is 15.4. The van der Waals surface area contributed by atoms with Crippen LogP contribution in [0, 0.1) is 18.7 Å². The molecule has 0 bridgehead atoms. The van der Waals surface area contributed by atoms with E-state index in [-0.39, 0.29) is 107 Å². The maximum Gasteiger partial charge on any atom is 0.356 e. The number of aromatic nitrogens is 2. The molecule has 2 aromatic heterocycles. The number of nitrogens with zero attached hydrogens (tertiary/aromatic N) is 4. The summed E-state index contributed by atoms with van der Waals surface area (Å²) in [6, 6.07) is -2.66. The molecule has 6 atom stereocenters. The van der Waals surface area contributed by atoms with E-state index in [0.29, 0.717) is 66.7 Å². The third kappa shape index (κ3) is 11.8. The zero-order valence-corrected chi connectivity index (χ0v) is 45.1. The van der Waals surface area contributed by atoms with Crippen molar-refractivity contribution < 1.29 is 71.8 Å². The fourth-order valence-electron chi connectivity index (χ4n) is 11.4. The number of benzene rings is 1. The molecule has 0 spiro atoms. The SMILES string of the molecule is CNC(O)CCCC(=O)NCCOCCOCCOCCC(=O)N[C@@H](CC(=O)O)C(=O)N1CCC[C@H]1C(=O)N[C@H](C(=O)O[C@@]12Cc3c1c(c(=O)n1c3-c3nc4cc(F)c(C)c5c4c(c3C1)[C@@H](N(C)C)CC5)COC2=O)C(C)C. The zero-order chi connectivity index (χ0) is 56.2. The van der Waals surface area contributed by atoms with Gasteiger partial charge in [0.25, 0.3) is 5.56 Å². The van der Waals surface area contributed by atoms with Gasteiger partial charge in [0.15, 0.2) is 0 Å². The number of cyclic esters (lactones) is 1. The third-order valence-corrected chi connectivity index (χ3v) is 15.4. The molecule has 4 amide bonds. The molecule has 1 unspecified atom stereocenters. The number of nitrogens with one attached hydrogen (secondary N) is 4. The summed E-state index contributed by atoms with van der Waals surface area (Å²) in [4.78, 5) is 116. The van der Waals surface area contributed by atoms with Gasteiger partial charge in [-0.1, -0.05) is 13.8 Å². The normalized spacial score (nSPS) is 19.8. The molecule has 8 rings (SSSR count). The highest BCUT2D eigenvalue weighted by atomic mass is 19.1. The highest BCUT2D eigenvalue weighted by Crippen LogP contribution is 2.54. The van der Waals surface area contributed by atoms with Gasteiger partial charge in [0.2, 0.25) is 29.2 Å². The molecule has 3 aliphatic heterocycles. The molecular weight excluding hydrogens is 1020 g/mol. The molecule has 3 aromatic rings. The lowest BCUT2D eigenvalue weighted by Gasteiger charge is -2.45. The van der Waals surface area contributed by atoms with Crippen LogP contribution in [0.1, 0.15) is 110 Å². The highest BCUT2D eigenvalue weighted by Gasteiger charge is 2.61. The van der Waals surface area contributed by atoms with Crippen molar-refractivity contribution in [2.24, 2.45) is 5.92 Å². The van der Waals surface area contributed by atoms with Crippen LogP contribution < -0.4 is 26.8 Å². The first kappa shape index (κ1) is 57.7. The van der Waals surface area contributed by atoms with E-state index in [4.69, 9.17) is 28.7 Å². The lowest BCUT2D eigenvalue weighted by Crippen LogP contribution is -2.60. The summed E-state index contributed by atoms with van der Waals surface area (Å²) in [6.07, 6.45) is 1.43. The molecule has 24 heteroatoms. The van der Waals surface area contributed by atoms with Crippen LogP contribution in [0.2, 0.25) is 0 Å². The fourth-order valence-corrected chi connectivity index (χ4v) is 11.4. The minimum absolute atomic E-state index is 0.0430. The van der Waals surface area contributed by atoms with Crippen molar-refractivity contribution in [3.63, 3.8) is 0 Å². The largest absolute Gasteiger partial charge is 0.481 e. The Labute approximate surface area is 450 Å². The number of rotatable bonds is 27. The molecule has 1 aromatic carbocycles. The average molecular weight is 1090 g/mol. The van der Waals surface area contributed by atoms with Gasteiger partial charge >= 0.3 is 17.9 Å². The number of fused-ring (bicyclic) bond motifs is 5. The second-order valence-electron chi connectivity index (χ2n) is 21.1. The van der Waals surface area contributed by atoms with Gasteiger partial charge in [0, 0.05) is 61.0 Å². The number of carbonyl (C=O) groups excluding carboxylic acids is 6. The molecule has 0 saturated carbocycles. The summed E-state index contributed by atoms with van der Waals surface area (Å²) >= 11 is 0. The predicted octanol–water partition coefficient (Wildman–Crippen LogP) is 1.13. The first-order valence-corrected chi connectivity index (χ1v) is 26.7. The monoisotopic (exact) mass is 1090 g/mol. The summed E-state index contributed by atoms with van der Waals surface area (Å²) in [6.45, 7) is 6.37. The Bertz CT molecular complexity index is 2910. The van der Waals surface area contributed by atoms with Crippen LogP contribution in [-0.4, -0.2) is 169 Å². The number of aliphatic hydroxyl groups is 1. The molecule has 0 radical (unpaired) electrons. The van der Waals surface area contributed by atoms with Gasteiger partial charge in [-0.3, -0.25) is 34.1 Å². The predicted molar refractivity (Wildman–Crippen MR) is 276 cm³/mol. The quantitative estimate of drug-likeness (QED) is 0.0277. The standard InChI is InChI=1S/C54H71FN8O15/c1-28(2)46(60-49(69)38-9-8-16-62(38)51(71)36(24-42(67)68)58-41(66)14-17-74-19-21-76-22-20-75-18-15-57-40(65)11-7-10-39(64)56-4)52(72)78-54-25-31-45(54)33(27-77-53(54)73)50(70)63-26-32-44-37(61(5)6)13-12-30-29(3)34(55)23-35(43(30)44)59-47(32)48(31)63/h23,28,36-39,46,56,64H,7-22,24-27H2,1-6H3,(H,57,65)(H,58,66)(H,60,69)(H,67,68)/t36-,37-,38-,39?,46-,54-/m0/s1. The van der Waals surface area contributed by atoms with E-state index in [1.54, 1.807) is 32.4 Å². The van der Waals surface area contributed by atoms with E-state index in [2.05, 4.69) is 26.2 Å². The van der Waals surface area contributed by atoms with Gasteiger partial charge in [-0.15, -0.1) is 0 Å². The summed E-state index contributed by atoms with van der Waals surface area (Å²) < 4.78 is 45.1. The minimum atomic E-state index is -2.02. The van der Waals surface area contributed by atoms with E-state index < -0.39 is 83.5 Å². The van der Waals surface area contributed by atoms with E-state index in [1.807, 2.05) is 14.1 Å². The summed E-state index contributed by atoms with van der Waals surface area (Å²) in [5.41, 5.74) is 3.20. The first-order valence-electron chi connectivity index (χ1n) is 26.7. The van der Waals surface area contributed by atoms with Crippen LogP contribution in [0.4, 0.5) is 4.39 Å². The maximum absolute atomic E-state index is 15.4. The van der Waals surface area contributed by atoms with Crippen LogP contribution in [-0.2, 0) is 88.8 Å². The maximum atomic E-state index is 15.4. The number of pyridine rings is 2. The molecule has 5 heterocycles. The van der Waals surface area contributed by atoms with Crippen molar-refractivity contribution in [1.29, 1.82) is 0 Å². The Morgan fingerprint density at radius 3 is 2.36 bits per heavy atom. The molecule has 78 heavy (non-hydrogen) atoms. The zero-order valence-electron chi connectivity index (χ0n) is 45.1. The van der Waals surface area contributed by atoms with Crippen LogP contribution in [0.5, 0.6) is 0 Å². The number of hydrogen-bond acceptors (Lipinski definition) is 17. The lowest BCUT2D eigenvalue weighted by atomic mass is 9.68. The summed E-state index contributed by atoms with van der Waals surface area (Å²) in [7, 11) is 5.60. The topological polar surface area (TPSA) is 296 Å². The number of halogens is 1. The van der Waals surface area contributed by atoms with Gasteiger partial charge in [-0.05, 0) is 94.8 Å². The van der Waals surface area contributed by atoms with Gasteiger partial charge in [0.05, 0.1) is 75.1 Å². The van der Waals surface area contributed by atoms with Crippen LogP contribution >= 0.6 is 0 Å². The fraction of sp³-hybridized carbons (Fsp3) is 0.611. The van der Waals surface area contributed by atoms with Gasteiger partial charge < -0.3 is 64.2 Å². The average Bonchev–Trinajstić information content (AvgIpc) is 4.14. The number of carboxylic acid groups (broad SMARTS) is 1. The van der Waals surface area contributed by atoms with E-state index in [9.17, 15) is 48.6 Å². The number of esters is 2. The molecule has 23 nitrogen and oxygen atoms in total. The first-order chi connectivity index (χ1) is 37.3. The van der Waals surface area contributed by atoms with Crippen molar-refractivity contribution in [2.75, 3.05) is 73.9 Å². The number of carboxylic acids is 1. The smallest absolute Gasteiger partial charge is 0.356 e. The molecular formula is C54H71FN8O15. The van der Waals surface area contributed by atoms with Crippen molar-refractivity contribution in [3.8, 4) is 11.4 Å². The Hall–Kier alpha value is -6.44. The van der Waals surface area contributed by atoms with Crippen LogP contribution in [0.25, 0.3) is 22.3 Å². The summed E-state index contributed by atoms with van der Waals surface area (Å²) in [5.74, 6) is -6.58. The van der Waals surface area contributed by atoms with Crippen LogP contribution in [0.3, 0.4) is 0 Å². The summed E-state index contributed by atoms with van der Waals surface area (Å²) in [5, 5.41) is 30.7. The Balaban J connectivity index is 0.860. The number of ether oxygens (including phenoxy) is 5. The van der Waals surface area contributed by atoms with Crippen molar-refractivity contribution in [2.45, 2.75) is 134 Å². The lowest BCUT2D eigenvalue weighted by molar-refractivity contribution is -0.194. The van der Waals surface area contributed by atoms with E-state index in [0.717, 1.165) is 28.5 Å². The van der Waals surface area contributed by atoms with Crippen molar-refractivity contribution >= 4 is 52.4 Å². The van der Waals surface area contributed by atoms with E-state index in [1.165, 1.54) is 11.0 Å². The molecule has 6 N–H and O–H groups in total. The molecule has 1 saturated heterocycles. The second-order valence-corrected chi connectivity index (χ2v) is 21.1. The number of aryl methyl sites for hydroxylation is 1.